The van der Waals surface area contributed by atoms with Crippen LogP contribution >= 0.6 is 23.1 Å². The summed E-state index contributed by atoms with van der Waals surface area (Å²) in [4.78, 5) is 36.0. The number of benzene rings is 1. The van der Waals surface area contributed by atoms with Crippen molar-refractivity contribution in [3.05, 3.63) is 50.6 Å². The Hall–Kier alpha value is -2.16. The molecule has 0 radical (unpaired) electrons. The van der Waals surface area contributed by atoms with E-state index in [4.69, 9.17) is 4.98 Å². The van der Waals surface area contributed by atoms with Gasteiger partial charge in [0.1, 0.15) is 4.83 Å². The number of carbonyl (C=O) groups is 1. The first-order chi connectivity index (χ1) is 16.5. The number of rotatable bonds is 6. The Kier molecular flexibility index (Phi) is 7.09. The number of aryl methyl sites for hydroxylation is 3. The van der Waals surface area contributed by atoms with E-state index >= 15 is 0 Å². The molecule has 1 saturated heterocycles. The molecule has 1 amide bonds. The maximum atomic E-state index is 13.8. The van der Waals surface area contributed by atoms with Crippen molar-refractivity contribution in [3.63, 3.8) is 0 Å². The summed E-state index contributed by atoms with van der Waals surface area (Å²) in [5, 5.41) is 4.56. The zero-order chi connectivity index (χ0) is 23.7. The van der Waals surface area contributed by atoms with Crippen LogP contribution in [0.15, 0.2) is 34.2 Å². The molecule has 3 aromatic rings. The Balaban J connectivity index is 1.42. The summed E-state index contributed by atoms with van der Waals surface area (Å²) in [6, 6.07) is 8.19. The minimum Gasteiger partial charge on any atom is -0.353 e. The van der Waals surface area contributed by atoms with Crippen LogP contribution in [0.3, 0.4) is 0 Å². The normalized spacial score (nSPS) is 17.1. The van der Waals surface area contributed by atoms with Crippen LogP contribution in [0, 0.1) is 6.92 Å². The minimum atomic E-state index is -0.0110. The van der Waals surface area contributed by atoms with E-state index in [2.05, 4.69) is 17.1 Å². The molecule has 1 aromatic carbocycles. The minimum absolute atomic E-state index is 0.00947. The average Bonchev–Trinajstić information content (AvgIpc) is 3.23. The second-order valence-electron chi connectivity index (χ2n) is 9.33. The molecule has 0 spiro atoms. The highest BCUT2D eigenvalue weighted by atomic mass is 32.2. The highest BCUT2D eigenvalue weighted by molar-refractivity contribution is 7.99. The third-order valence-corrected chi connectivity index (χ3v) is 9.11. The van der Waals surface area contributed by atoms with Crippen LogP contribution in [-0.4, -0.2) is 51.8 Å². The van der Waals surface area contributed by atoms with Crippen molar-refractivity contribution in [2.75, 3.05) is 25.4 Å². The zero-order valence-corrected chi connectivity index (χ0v) is 21.6. The van der Waals surface area contributed by atoms with Gasteiger partial charge in [0.2, 0.25) is 5.91 Å². The van der Waals surface area contributed by atoms with Gasteiger partial charge in [-0.2, -0.15) is 0 Å². The molecule has 1 aliphatic heterocycles. The second-order valence-corrected chi connectivity index (χ2v) is 11.4. The fraction of sp³-hybridized carbons (Fsp3) is 0.500. The third-order valence-electron chi connectivity index (χ3n) is 6.98. The van der Waals surface area contributed by atoms with Gasteiger partial charge < -0.3 is 10.2 Å². The second kappa shape index (κ2) is 10.2. The van der Waals surface area contributed by atoms with Gasteiger partial charge in [0.05, 0.1) is 16.8 Å². The van der Waals surface area contributed by atoms with Crippen LogP contribution in [-0.2, 0) is 17.6 Å². The number of thioether (sulfide) groups is 1. The summed E-state index contributed by atoms with van der Waals surface area (Å²) >= 11 is 3.02. The monoisotopic (exact) mass is 496 g/mol. The number of carbonyl (C=O) groups excluding carboxylic acids is 1. The molecule has 1 N–H and O–H groups in total. The highest BCUT2D eigenvalue weighted by Crippen LogP contribution is 2.35. The van der Waals surface area contributed by atoms with E-state index in [0.29, 0.717) is 5.16 Å². The van der Waals surface area contributed by atoms with E-state index in [9.17, 15) is 9.59 Å². The molecule has 0 unspecified atom stereocenters. The van der Waals surface area contributed by atoms with Crippen LogP contribution in [0.25, 0.3) is 15.9 Å². The van der Waals surface area contributed by atoms with Crippen LogP contribution < -0.4 is 10.9 Å². The lowest BCUT2D eigenvalue weighted by Gasteiger charge is -2.31. The van der Waals surface area contributed by atoms with Crippen molar-refractivity contribution in [2.24, 2.45) is 0 Å². The third kappa shape index (κ3) is 4.81. The molecule has 6 nitrogen and oxygen atoms in total. The van der Waals surface area contributed by atoms with Crippen LogP contribution in [0.2, 0.25) is 0 Å². The van der Waals surface area contributed by atoms with Gasteiger partial charge >= 0.3 is 0 Å². The van der Waals surface area contributed by atoms with E-state index in [1.807, 2.05) is 31.2 Å². The molecular formula is C26H32N4O2S2. The molecule has 1 aliphatic carbocycles. The smallest absolute Gasteiger partial charge is 0.267 e. The van der Waals surface area contributed by atoms with Crippen molar-refractivity contribution in [2.45, 2.75) is 63.6 Å². The van der Waals surface area contributed by atoms with E-state index in [0.717, 1.165) is 73.2 Å². The Labute approximate surface area is 208 Å². The molecule has 0 bridgehead atoms. The number of nitrogens with one attached hydrogen (secondary N) is 1. The maximum Gasteiger partial charge on any atom is 0.267 e. The van der Waals surface area contributed by atoms with Gasteiger partial charge in [0.25, 0.3) is 5.56 Å². The number of thiophene rings is 1. The predicted octanol–water partition coefficient (Wildman–Crippen LogP) is 4.33. The highest BCUT2D eigenvalue weighted by Gasteiger charge is 2.24. The number of likely N-dealkylation sites (tertiary alicyclic amines) is 1. The summed E-state index contributed by atoms with van der Waals surface area (Å²) in [6.45, 7) is 7.34. The number of piperidine rings is 1. The summed E-state index contributed by atoms with van der Waals surface area (Å²) in [5.41, 5.74) is 3.12. The number of hydrogen-bond acceptors (Lipinski definition) is 6. The van der Waals surface area contributed by atoms with Crippen LogP contribution in [0.4, 0.5) is 0 Å². The molecule has 5 rings (SSSR count). The number of hydrogen-bond donors (Lipinski definition) is 1. The molecule has 34 heavy (non-hydrogen) atoms. The summed E-state index contributed by atoms with van der Waals surface area (Å²) in [6.07, 6.45) is 6.25. The van der Waals surface area contributed by atoms with Gasteiger partial charge in [-0.3, -0.25) is 14.2 Å². The summed E-state index contributed by atoms with van der Waals surface area (Å²) in [7, 11) is 0. The number of fused-ring (bicyclic) bond motifs is 3. The lowest BCUT2D eigenvalue weighted by Crippen LogP contribution is -2.45. The fourth-order valence-corrected chi connectivity index (χ4v) is 7.12. The Morgan fingerprint density at radius 1 is 1.18 bits per heavy atom. The van der Waals surface area contributed by atoms with Gasteiger partial charge in [-0.05, 0) is 69.7 Å². The van der Waals surface area contributed by atoms with Gasteiger partial charge in [0.15, 0.2) is 5.16 Å². The van der Waals surface area contributed by atoms with Gasteiger partial charge in [0, 0.05) is 24.0 Å². The van der Waals surface area contributed by atoms with Crippen molar-refractivity contribution in [1.29, 1.82) is 0 Å². The van der Waals surface area contributed by atoms with E-state index < -0.39 is 0 Å². The van der Waals surface area contributed by atoms with E-state index in [-0.39, 0.29) is 23.3 Å². The van der Waals surface area contributed by atoms with Crippen molar-refractivity contribution >= 4 is 39.2 Å². The number of amides is 1. The Bertz CT molecular complexity index is 1240. The Morgan fingerprint density at radius 2 is 1.91 bits per heavy atom. The predicted molar refractivity (Wildman–Crippen MR) is 141 cm³/mol. The van der Waals surface area contributed by atoms with Crippen LogP contribution in [0.1, 0.15) is 48.6 Å². The first-order valence-electron chi connectivity index (χ1n) is 12.3. The molecule has 0 atom stereocenters. The summed E-state index contributed by atoms with van der Waals surface area (Å²) < 4.78 is 1.71. The topological polar surface area (TPSA) is 67.2 Å². The van der Waals surface area contributed by atoms with Gasteiger partial charge in [-0.1, -0.05) is 36.4 Å². The molecular weight excluding hydrogens is 464 g/mol. The summed E-state index contributed by atoms with van der Waals surface area (Å²) in [5.74, 6) is 0.262. The number of nitrogens with zero attached hydrogens (tertiary/aromatic N) is 3. The lowest BCUT2D eigenvalue weighted by molar-refractivity contribution is -0.119. The largest absolute Gasteiger partial charge is 0.353 e. The van der Waals surface area contributed by atoms with Crippen LogP contribution in [0.5, 0.6) is 0 Å². The molecule has 2 aliphatic rings. The SMILES string of the molecule is CCN1CCC(NC(=O)CSc2nc3sc4c(c3c(=O)n2-c2ccc(C)cc2)CCCC4)CC1. The lowest BCUT2D eigenvalue weighted by atomic mass is 9.97. The molecule has 3 heterocycles. The molecule has 0 saturated carbocycles. The van der Waals surface area contributed by atoms with Crippen molar-refractivity contribution < 1.29 is 4.79 Å². The molecule has 2 aromatic heterocycles. The first-order valence-corrected chi connectivity index (χ1v) is 14.1. The zero-order valence-electron chi connectivity index (χ0n) is 19.9. The van der Waals surface area contributed by atoms with Crippen molar-refractivity contribution in [1.82, 2.24) is 19.8 Å². The average molecular weight is 497 g/mol. The standard InChI is InChI=1S/C26H32N4O2S2/c1-3-29-14-12-18(13-15-29)27-22(31)16-33-26-28-24-23(20-6-4-5-7-21(20)34-24)25(32)30(26)19-10-8-17(2)9-11-19/h8-11,18H,3-7,12-16H2,1-2H3,(H,27,31). The molecule has 8 heteroatoms. The first kappa shape index (κ1) is 23.6. The van der Waals surface area contributed by atoms with Gasteiger partial charge in [-0.15, -0.1) is 11.3 Å². The van der Waals surface area contributed by atoms with E-state index in [1.165, 1.54) is 28.6 Å². The fourth-order valence-electron chi connectivity index (χ4n) is 5.00. The quantitative estimate of drug-likeness (QED) is 0.407. The molecule has 1 fully saturated rings. The van der Waals surface area contributed by atoms with E-state index in [1.54, 1.807) is 15.9 Å². The van der Waals surface area contributed by atoms with Crippen molar-refractivity contribution in [3.8, 4) is 5.69 Å². The maximum absolute atomic E-state index is 13.8. The molecule has 180 valence electrons. The Morgan fingerprint density at radius 3 is 2.65 bits per heavy atom. The van der Waals surface area contributed by atoms with Gasteiger partial charge in [-0.25, -0.2) is 4.98 Å². The number of aromatic nitrogens is 2.